The number of nitrogens with one attached hydrogen (secondary N) is 3. The normalized spacial score (nSPS) is 10.7. The van der Waals surface area contributed by atoms with Gasteiger partial charge in [0.25, 0.3) is 5.91 Å². The minimum Gasteiger partial charge on any atom is -0.328 e. The molecule has 0 saturated heterocycles. The van der Waals surface area contributed by atoms with Gasteiger partial charge in [0.1, 0.15) is 0 Å². The largest absolute Gasteiger partial charge is 0.334 e. The second-order valence-electron chi connectivity index (χ2n) is 6.26. The number of urea groups is 1. The van der Waals surface area contributed by atoms with Crippen LogP contribution in [0.25, 0.3) is 5.57 Å². The average Bonchev–Trinajstić information content (AvgIpc) is 2.60. The third-order valence-electron chi connectivity index (χ3n) is 3.72. The molecule has 1 aromatic heterocycles. The van der Waals surface area contributed by atoms with Gasteiger partial charge in [-0.25, -0.2) is 10.2 Å². The van der Waals surface area contributed by atoms with Gasteiger partial charge in [0, 0.05) is 12.4 Å². The Morgan fingerprint density at radius 1 is 1.08 bits per heavy atom. The summed E-state index contributed by atoms with van der Waals surface area (Å²) in [6, 6.07) is 10.5. The van der Waals surface area contributed by atoms with Crippen molar-refractivity contribution < 1.29 is 9.59 Å². The summed E-state index contributed by atoms with van der Waals surface area (Å²) in [6.07, 6.45) is 2.99. The number of hydrogen-bond acceptors (Lipinski definition) is 3. The Bertz CT molecular complexity index is 785. The van der Waals surface area contributed by atoms with Gasteiger partial charge < -0.3 is 5.32 Å². The van der Waals surface area contributed by atoms with E-state index in [4.69, 9.17) is 0 Å². The van der Waals surface area contributed by atoms with E-state index >= 15 is 0 Å². The molecule has 25 heavy (non-hydrogen) atoms. The van der Waals surface area contributed by atoms with E-state index in [9.17, 15) is 9.59 Å². The molecule has 3 N–H and O–H groups in total. The van der Waals surface area contributed by atoms with Crippen molar-refractivity contribution in [3.63, 3.8) is 0 Å². The summed E-state index contributed by atoms with van der Waals surface area (Å²) in [5, 5.41) is 2.84. The lowest BCUT2D eigenvalue weighted by atomic mass is 9.92. The second-order valence-corrected chi connectivity index (χ2v) is 6.26. The van der Waals surface area contributed by atoms with Gasteiger partial charge in [-0.05, 0) is 50.1 Å². The van der Waals surface area contributed by atoms with Gasteiger partial charge in [0.15, 0.2) is 0 Å². The SMILES string of the molecule is C=C(C)c1cccc(C(C)(C)NC(=O)NNC(=O)c2cccnc2)c1. The van der Waals surface area contributed by atoms with Gasteiger partial charge in [-0.3, -0.25) is 15.2 Å². The van der Waals surface area contributed by atoms with E-state index < -0.39 is 17.5 Å². The van der Waals surface area contributed by atoms with Gasteiger partial charge in [0.05, 0.1) is 11.1 Å². The second kappa shape index (κ2) is 7.61. The quantitative estimate of drug-likeness (QED) is 0.750. The number of nitrogens with zero attached hydrogens (tertiary/aromatic N) is 1. The minimum atomic E-state index is -0.630. The molecule has 0 aliphatic rings. The van der Waals surface area contributed by atoms with E-state index in [1.807, 2.05) is 45.0 Å². The highest BCUT2D eigenvalue weighted by Gasteiger charge is 2.23. The Labute approximate surface area is 147 Å². The van der Waals surface area contributed by atoms with Crippen LogP contribution in [0, 0.1) is 0 Å². The van der Waals surface area contributed by atoms with Gasteiger partial charge in [-0.2, -0.15) is 0 Å². The summed E-state index contributed by atoms with van der Waals surface area (Å²) in [7, 11) is 0. The first-order valence-electron chi connectivity index (χ1n) is 7.84. The van der Waals surface area contributed by atoms with Crippen LogP contribution in [0.15, 0.2) is 55.4 Å². The van der Waals surface area contributed by atoms with Crippen LogP contribution in [0.2, 0.25) is 0 Å². The smallest absolute Gasteiger partial charge is 0.328 e. The fourth-order valence-corrected chi connectivity index (χ4v) is 2.24. The summed E-state index contributed by atoms with van der Waals surface area (Å²) >= 11 is 0. The summed E-state index contributed by atoms with van der Waals surface area (Å²) in [6.45, 7) is 9.63. The van der Waals surface area contributed by atoms with Gasteiger partial charge in [-0.1, -0.05) is 30.4 Å². The average molecular weight is 338 g/mol. The predicted octanol–water partition coefficient (Wildman–Crippen LogP) is 2.99. The van der Waals surface area contributed by atoms with Crippen molar-refractivity contribution in [3.05, 3.63) is 72.1 Å². The Morgan fingerprint density at radius 3 is 2.44 bits per heavy atom. The van der Waals surface area contributed by atoms with E-state index in [1.165, 1.54) is 6.20 Å². The molecule has 3 amide bonds. The zero-order chi connectivity index (χ0) is 18.4. The minimum absolute atomic E-state index is 0.358. The number of benzene rings is 1. The Hall–Kier alpha value is -3.15. The van der Waals surface area contributed by atoms with E-state index in [2.05, 4.69) is 27.7 Å². The zero-order valence-electron chi connectivity index (χ0n) is 14.6. The van der Waals surface area contributed by atoms with Crippen LogP contribution in [0.4, 0.5) is 4.79 Å². The highest BCUT2D eigenvalue weighted by atomic mass is 16.2. The molecule has 1 aromatic carbocycles. The number of aromatic nitrogens is 1. The van der Waals surface area contributed by atoms with Crippen LogP contribution in [-0.2, 0) is 5.54 Å². The van der Waals surface area contributed by atoms with E-state index in [1.54, 1.807) is 18.3 Å². The lowest BCUT2D eigenvalue weighted by molar-refractivity contribution is 0.0934. The molecule has 0 aliphatic heterocycles. The standard InChI is InChI=1S/C19H22N4O2/c1-13(2)14-7-5-9-16(11-14)19(3,4)21-18(25)23-22-17(24)15-8-6-10-20-12-15/h5-12H,1H2,2-4H3,(H,22,24)(H2,21,23,25). The number of rotatable bonds is 4. The third kappa shape index (κ3) is 4.91. The zero-order valence-corrected chi connectivity index (χ0v) is 14.6. The van der Waals surface area contributed by atoms with Crippen molar-refractivity contribution in [3.8, 4) is 0 Å². The van der Waals surface area contributed by atoms with Crippen molar-refractivity contribution in [2.45, 2.75) is 26.3 Å². The lowest BCUT2D eigenvalue weighted by Gasteiger charge is -2.27. The number of carbonyl (C=O) groups excluding carboxylic acids is 2. The highest BCUT2D eigenvalue weighted by molar-refractivity contribution is 5.94. The van der Waals surface area contributed by atoms with E-state index in [0.29, 0.717) is 5.56 Å². The molecular formula is C19H22N4O2. The van der Waals surface area contributed by atoms with Gasteiger partial charge in [0.2, 0.25) is 0 Å². The molecule has 6 nitrogen and oxygen atoms in total. The van der Waals surface area contributed by atoms with Crippen LogP contribution in [0.3, 0.4) is 0 Å². The molecule has 2 rings (SSSR count). The first-order chi connectivity index (χ1) is 11.8. The van der Waals surface area contributed by atoms with Crippen LogP contribution >= 0.6 is 0 Å². The molecule has 0 spiro atoms. The molecule has 130 valence electrons. The molecule has 0 radical (unpaired) electrons. The number of amides is 3. The fourth-order valence-electron chi connectivity index (χ4n) is 2.24. The Morgan fingerprint density at radius 2 is 1.80 bits per heavy atom. The number of carbonyl (C=O) groups is 2. The molecule has 2 aromatic rings. The van der Waals surface area contributed by atoms with Crippen LogP contribution < -0.4 is 16.2 Å². The maximum Gasteiger partial charge on any atom is 0.334 e. The number of allylic oxidation sites excluding steroid dienone is 1. The van der Waals surface area contributed by atoms with Crippen molar-refractivity contribution >= 4 is 17.5 Å². The van der Waals surface area contributed by atoms with Crippen LogP contribution in [0.5, 0.6) is 0 Å². The van der Waals surface area contributed by atoms with Crippen LogP contribution in [-0.4, -0.2) is 16.9 Å². The van der Waals surface area contributed by atoms with Gasteiger partial charge >= 0.3 is 6.03 Å². The van der Waals surface area contributed by atoms with E-state index in [-0.39, 0.29) is 0 Å². The third-order valence-corrected chi connectivity index (χ3v) is 3.72. The molecule has 1 heterocycles. The Balaban J connectivity index is 1.98. The van der Waals surface area contributed by atoms with Crippen molar-refractivity contribution in [2.75, 3.05) is 0 Å². The predicted molar refractivity (Wildman–Crippen MR) is 97.5 cm³/mol. The van der Waals surface area contributed by atoms with Crippen molar-refractivity contribution in [1.82, 2.24) is 21.2 Å². The van der Waals surface area contributed by atoms with Crippen molar-refractivity contribution in [1.29, 1.82) is 0 Å². The topological polar surface area (TPSA) is 83.1 Å². The molecule has 0 bridgehead atoms. The molecule has 0 unspecified atom stereocenters. The summed E-state index contributed by atoms with van der Waals surface area (Å²) in [5.74, 6) is -0.440. The van der Waals surface area contributed by atoms with E-state index in [0.717, 1.165) is 16.7 Å². The first-order valence-corrected chi connectivity index (χ1v) is 7.84. The molecular weight excluding hydrogens is 316 g/mol. The maximum atomic E-state index is 12.1. The monoisotopic (exact) mass is 338 g/mol. The lowest BCUT2D eigenvalue weighted by Crippen LogP contribution is -2.52. The van der Waals surface area contributed by atoms with Crippen molar-refractivity contribution in [2.24, 2.45) is 0 Å². The molecule has 6 heteroatoms. The summed E-state index contributed by atoms with van der Waals surface area (Å²) < 4.78 is 0. The molecule has 0 fully saturated rings. The van der Waals surface area contributed by atoms with Crippen LogP contribution in [0.1, 0.15) is 42.3 Å². The molecule has 0 aliphatic carbocycles. The number of hydrazine groups is 1. The molecule has 0 saturated carbocycles. The Kier molecular flexibility index (Phi) is 5.54. The highest BCUT2D eigenvalue weighted by Crippen LogP contribution is 2.23. The number of hydrogen-bond donors (Lipinski definition) is 3. The summed E-state index contributed by atoms with van der Waals surface area (Å²) in [4.78, 5) is 27.9. The summed E-state index contributed by atoms with van der Waals surface area (Å²) in [5.41, 5.74) is 7.32. The first kappa shape index (κ1) is 18.2. The maximum absolute atomic E-state index is 12.1. The molecule has 0 atom stereocenters. The van der Waals surface area contributed by atoms with Gasteiger partial charge in [-0.15, -0.1) is 0 Å². The fraction of sp³-hybridized carbons (Fsp3) is 0.211. The number of pyridine rings is 1.